The van der Waals surface area contributed by atoms with Gasteiger partial charge in [-0.1, -0.05) is 29.8 Å². The largest absolute Gasteiger partial charge is 0.496 e. The summed E-state index contributed by atoms with van der Waals surface area (Å²) in [5.74, 6) is 1.62. The normalized spacial score (nSPS) is 10.1. The molecule has 1 heterocycles. The fourth-order valence-electron chi connectivity index (χ4n) is 1.65. The van der Waals surface area contributed by atoms with Crippen LogP contribution in [0.3, 0.4) is 0 Å². The number of nitrogens with one attached hydrogen (secondary N) is 1. The second kappa shape index (κ2) is 6.21. The van der Waals surface area contributed by atoms with E-state index in [1.165, 1.54) is 0 Å². The van der Waals surface area contributed by atoms with Crippen LogP contribution in [-0.2, 0) is 6.42 Å². The van der Waals surface area contributed by atoms with Crippen molar-refractivity contribution in [2.45, 2.75) is 6.42 Å². The van der Waals surface area contributed by atoms with Gasteiger partial charge < -0.3 is 10.1 Å². The van der Waals surface area contributed by atoms with Gasteiger partial charge in [-0.25, -0.2) is 0 Å². The van der Waals surface area contributed by atoms with Gasteiger partial charge in [0.25, 0.3) is 0 Å². The molecule has 0 fully saturated rings. The Morgan fingerprint density at radius 1 is 1.17 bits per heavy atom. The molecule has 4 nitrogen and oxygen atoms in total. The fourth-order valence-corrected chi connectivity index (χ4v) is 1.75. The molecule has 0 aliphatic carbocycles. The van der Waals surface area contributed by atoms with Crippen molar-refractivity contribution in [3.63, 3.8) is 0 Å². The molecule has 0 amide bonds. The molecule has 0 aliphatic rings. The summed E-state index contributed by atoms with van der Waals surface area (Å²) in [6.45, 7) is 0.761. The Bertz CT molecular complexity index is 502. The van der Waals surface area contributed by atoms with Crippen LogP contribution >= 0.6 is 11.6 Å². The van der Waals surface area contributed by atoms with E-state index in [1.54, 1.807) is 19.2 Å². The molecule has 0 radical (unpaired) electrons. The number of benzene rings is 1. The highest BCUT2D eigenvalue weighted by atomic mass is 35.5. The first-order valence-electron chi connectivity index (χ1n) is 5.64. The Morgan fingerprint density at radius 3 is 2.72 bits per heavy atom. The minimum atomic E-state index is 0.394. The second-order valence-electron chi connectivity index (χ2n) is 3.73. The predicted molar refractivity (Wildman–Crippen MR) is 72.2 cm³/mol. The summed E-state index contributed by atoms with van der Waals surface area (Å²) < 4.78 is 5.29. The first-order chi connectivity index (χ1) is 8.79. The van der Waals surface area contributed by atoms with Crippen LogP contribution < -0.4 is 10.1 Å². The Morgan fingerprint density at radius 2 is 2.00 bits per heavy atom. The maximum Gasteiger partial charge on any atom is 0.151 e. The molecule has 0 saturated heterocycles. The van der Waals surface area contributed by atoms with Gasteiger partial charge >= 0.3 is 0 Å². The number of anilines is 1. The molecule has 0 atom stereocenters. The molecule has 0 aliphatic heterocycles. The lowest BCUT2D eigenvalue weighted by Crippen LogP contribution is -2.07. The molecule has 1 aromatic heterocycles. The highest BCUT2D eigenvalue weighted by molar-refractivity contribution is 6.29. The summed E-state index contributed by atoms with van der Waals surface area (Å²) in [6.07, 6.45) is 0.855. The lowest BCUT2D eigenvalue weighted by Gasteiger charge is -2.08. The van der Waals surface area contributed by atoms with E-state index in [2.05, 4.69) is 15.5 Å². The van der Waals surface area contributed by atoms with Gasteiger partial charge in [0.15, 0.2) is 5.15 Å². The van der Waals surface area contributed by atoms with Crippen LogP contribution in [0.5, 0.6) is 5.75 Å². The zero-order valence-corrected chi connectivity index (χ0v) is 10.8. The Balaban J connectivity index is 1.90. The number of halogens is 1. The number of hydrogen-bond acceptors (Lipinski definition) is 4. The van der Waals surface area contributed by atoms with E-state index in [1.807, 2.05) is 24.3 Å². The van der Waals surface area contributed by atoms with E-state index in [9.17, 15) is 0 Å². The molecule has 5 heteroatoms. The van der Waals surface area contributed by atoms with Crippen LogP contribution in [0, 0.1) is 0 Å². The number of rotatable bonds is 5. The SMILES string of the molecule is COc1ccccc1CCNc1ccc(Cl)nn1. The molecule has 2 rings (SSSR count). The third-order valence-corrected chi connectivity index (χ3v) is 2.73. The number of nitrogens with zero attached hydrogens (tertiary/aromatic N) is 2. The Hall–Kier alpha value is -1.81. The average Bonchev–Trinajstić information content (AvgIpc) is 2.41. The minimum Gasteiger partial charge on any atom is -0.496 e. The van der Waals surface area contributed by atoms with Crippen LogP contribution in [0.25, 0.3) is 0 Å². The van der Waals surface area contributed by atoms with Crippen molar-refractivity contribution in [2.24, 2.45) is 0 Å². The predicted octanol–water partition coefficient (Wildman–Crippen LogP) is 2.79. The Labute approximate surface area is 111 Å². The zero-order chi connectivity index (χ0) is 12.8. The topological polar surface area (TPSA) is 47.0 Å². The smallest absolute Gasteiger partial charge is 0.151 e. The monoisotopic (exact) mass is 263 g/mol. The van der Waals surface area contributed by atoms with E-state index < -0.39 is 0 Å². The fraction of sp³-hybridized carbons (Fsp3) is 0.231. The first kappa shape index (κ1) is 12.6. The second-order valence-corrected chi connectivity index (χ2v) is 4.12. The van der Waals surface area contributed by atoms with E-state index in [0.717, 1.165) is 24.3 Å². The van der Waals surface area contributed by atoms with Crippen LogP contribution in [0.2, 0.25) is 5.15 Å². The van der Waals surface area contributed by atoms with E-state index >= 15 is 0 Å². The summed E-state index contributed by atoms with van der Waals surface area (Å²) >= 11 is 5.66. The van der Waals surface area contributed by atoms with E-state index in [4.69, 9.17) is 16.3 Å². The van der Waals surface area contributed by atoms with Crippen molar-refractivity contribution in [2.75, 3.05) is 19.0 Å². The molecular formula is C13H14ClN3O. The number of ether oxygens (including phenoxy) is 1. The third kappa shape index (κ3) is 3.34. The summed E-state index contributed by atoms with van der Waals surface area (Å²) in [5, 5.41) is 11.3. The zero-order valence-electron chi connectivity index (χ0n) is 10.1. The van der Waals surface area contributed by atoms with Crippen molar-refractivity contribution in [1.29, 1.82) is 0 Å². The van der Waals surface area contributed by atoms with Gasteiger partial charge in [0, 0.05) is 6.54 Å². The van der Waals surface area contributed by atoms with Gasteiger partial charge in [0.05, 0.1) is 7.11 Å². The molecule has 0 saturated carbocycles. The number of hydrogen-bond donors (Lipinski definition) is 1. The van der Waals surface area contributed by atoms with Crippen LogP contribution in [0.4, 0.5) is 5.82 Å². The lowest BCUT2D eigenvalue weighted by atomic mass is 10.1. The molecule has 0 unspecified atom stereocenters. The Kier molecular flexibility index (Phi) is 4.36. The van der Waals surface area contributed by atoms with Gasteiger partial charge in [-0.3, -0.25) is 0 Å². The van der Waals surface area contributed by atoms with Gasteiger partial charge in [-0.2, -0.15) is 0 Å². The maximum atomic E-state index is 5.66. The van der Waals surface area contributed by atoms with Crippen molar-refractivity contribution in [3.8, 4) is 5.75 Å². The van der Waals surface area contributed by atoms with Gasteiger partial charge in [-0.05, 0) is 30.2 Å². The van der Waals surface area contributed by atoms with Crippen molar-refractivity contribution < 1.29 is 4.74 Å². The molecule has 1 N–H and O–H groups in total. The quantitative estimate of drug-likeness (QED) is 0.901. The van der Waals surface area contributed by atoms with Gasteiger partial charge in [0.2, 0.25) is 0 Å². The molecule has 18 heavy (non-hydrogen) atoms. The molecule has 0 spiro atoms. The number of para-hydroxylation sites is 1. The maximum absolute atomic E-state index is 5.66. The van der Waals surface area contributed by atoms with Gasteiger partial charge in [-0.15, -0.1) is 10.2 Å². The summed E-state index contributed by atoms with van der Waals surface area (Å²) in [6, 6.07) is 11.5. The average molecular weight is 264 g/mol. The minimum absolute atomic E-state index is 0.394. The van der Waals surface area contributed by atoms with Crippen molar-refractivity contribution >= 4 is 17.4 Å². The van der Waals surface area contributed by atoms with Crippen molar-refractivity contribution in [1.82, 2.24) is 10.2 Å². The lowest BCUT2D eigenvalue weighted by molar-refractivity contribution is 0.410. The van der Waals surface area contributed by atoms with Gasteiger partial charge in [0.1, 0.15) is 11.6 Å². The molecule has 94 valence electrons. The third-order valence-electron chi connectivity index (χ3n) is 2.52. The van der Waals surface area contributed by atoms with E-state index in [-0.39, 0.29) is 0 Å². The molecular weight excluding hydrogens is 250 g/mol. The first-order valence-corrected chi connectivity index (χ1v) is 6.02. The summed E-state index contributed by atoms with van der Waals surface area (Å²) in [4.78, 5) is 0. The van der Waals surface area contributed by atoms with Crippen LogP contribution in [0.15, 0.2) is 36.4 Å². The summed E-state index contributed by atoms with van der Waals surface area (Å²) in [7, 11) is 1.68. The van der Waals surface area contributed by atoms with Crippen LogP contribution in [0.1, 0.15) is 5.56 Å². The highest BCUT2D eigenvalue weighted by Gasteiger charge is 2.01. The summed E-state index contributed by atoms with van der Waals surface area (Å²) in [5.41, 5.74) is 1.16. The number of aromatic nitrogens is 2. The molecule has 1 aromatic carbocycles. The number of methoxy groups -OCH3 is 1. The highest BCUT2D eigenvalue weighted by Crippen LogP contribution is 2.17. The standard InChI is InChI=1S/C13H14ClN3O/c1-18-11-5-3-2-4-10(11)8-9-15-13-7-6-12(14)16-17-13/h2-7H,8-9H2,1H3,(H,15,17). The van der Waals surface area contributed by atoms with Crippen LogP contribution in [-0.4, -0.2) is 23.9 Å². The van der Waals surface area contributed by atoms with E-state index in [0.29, 0.717) is 11.0 Å². The molecule has 2 aromatic rings. The molecule has 0 bridgehead atoms. The van der Waals surface area contributed by atoms with Crippen molar-refractivity contribution in [3.05, 3.63) is 47.1 Å².